The molecule has 1 aromatic heterocycles. The van der Waals surface area contributed by atoms with Crippen LogP contribution in [0.1, 0.15) is 47.3 Å². The normalized spacial score (nSPS) is 28.1. The first kappa shape index (κ1) is 13.5. The minimum atomic E-state index is -0.229. The van der Waals surface area contributed by atoms with Crippen LogP contribution in [0.2, 0.25) is 0 Å². The second-order valence-electron chi connectivity index (χ2n) is 5.20. The number of nitrogens with zero attached hydrogens (tertiary/aromatic N) is 1. The summed E-state index contributed by atoms with van der Waals surface area (Å²) in [6.45, 7) is 4.60. The summed E-state index contributed by atoms with van der Waals surface area (Å²) in [7, 11) is 0. The molecular formula is C13H21N3OS. The van der Waals surface area contributed by atoms with E-state index in [4.69, 9.17) is 5.73 Å². The molecule has 1 aromatic rings. The highest BCUT2D eigenvalue weighted by molar-refractivity contribution is 7.13. The van der Waals surface area contributed by atoms with Gasteiger partial charge in [-0.2, -0.15) is 0 Å². The predicted octanol–water partition coefficient (Wildman–Crippen LogP) is 2.09. The van der Waals surface area contributed by atoms with E-state index in [1.807, 2.05) is 6.92 Å². The van der Waals surface area contributed by atoms with Crippen molar-refractivity contribution in [2.45, 2.75) is 45.1 Å². The number of rotatable bonds is 3. The van der Waals surface area contributed by atoms with Gasteiger partial charge in [-0.1, -0.05) is 19.8 Å². The van der Waals surface area contributed by atoms with Crippen molar-refractivity contribution in [1.82, 2.24) is 10.3 Å². The molecule has 1 fully saturated rings. The first-order valence-electron chi connectivity index (χ1n) is 6.52. The molecule has 1 aliphatic rings. The lowest BCUT2D eigenvalue weighted by atomic mass is 9.73. The number of aryl methyl sites for hydroxylation is 1. The molecule has 0 saturated heterocycles. The zero-order valence-corrected chi connectivity index (χ0v) is 11.8. The Morgan fingerprint density at radius 2 is 2.44 bits per heavy atom. The lowest BCUT2D eigenvalue weighted by Gasteiger charge is -2.42. The molecule has 5 heteroatoms. The van der Waals surface area contributed by atoms with Crippen molar-refractivity contribution in [2.75, 3.05) is 6.54 Å². The van der Waals surface area contributed by atoms with E-state index in [1.54, 1.807) is 6.20 Å². The van der Waals surface area contributed by atoms with Gasteiger partial charge in [-0.05, 0) is 25.7 Å². The van der Waals surface area contributed by atoms with Crippen LogP contribution in [0.25, 0.3) is 0 Å². The maximum Gasteiger partial charge on any atom is 0.263 e. The number of thiazole rings is 1. The topological polar surface area (TPSA) is 68.0 Å². The van der Waals surface area contributed by atoms with Crippen molar-refractivity contribution in [3.05, 3.63) is 16.1 Å². The number of carbonyl (C=O) groups excluding carboxylic acids is 1. The summed E-state index contributed by atoms with van der Waals surface area (Å²) < 4.78 is 0. The molecule has 3 N–H and O–H groups in total. The van der Waals surface area contributed by atoms with Gasteiger partial charge in [-0.15, -0.1) is 11.3 Å². The standard InChI is InChI=1S/C13H21N3OS/c1-9-5-3-4-6-13(9,8-14)16-12(17)11-7-15-10(2)18-11/h7,9H,3-6,8,14H2,1-2H3,(H,16,17). The van der Waals surface area contributed by atoms with Gasteiger partial charge >= 0.3 is 0 Å². The lowest BCUT2D eigenvalue weighted by molar-refractivity contribution is 0.0817. The van der Waals surface area contributed by atoms with E-state index in [2.05, 4.69) is 17.2 Å². The van der Waals surface area contributed by atoms with E-state index >= 15 is 0 Å². The number of hydrogen-bond acceptors (Lipinski definition) is 4. The van der Waals surface area contributed by atoms with E-state index in [0.717, 1.165) is 24.3 Å². The molecule has 1 saturated carbocycles. The van der Waals surface area contributed by atoms with Crippen LogP contribution in [0.15, 0.2) is 6.20 Å². The third kappa shape index (κ3) is 2.57. The Morgan fingerprint density at radius 1 is 1.67 bits per heavy atom. The Morgan fingerprint density at radius 3 is 3.00 bits per heavy atom. The number of carbonyl (C=O) groups is 1. The van der Waals surface area contributed by atoms with Crippen LogP contribution in [0.4, 0.5) is 0 Å². The van der Waals surface area contributed by atoms with Gasteiger partial charge in [0.2, 0.25) is 0 Å². The van der Waals surface area contributed by atoms with E-state index in [1.165, 1.54) is 17.8 Å². The van der Waals surface area contributed by atoms with Gasteiger partial charge in [0.1, 0.15) is 4.88 Å². The average Bonchev–Trinajstić information content (AvgIpc) is 2.79. The molecule has 1 heterocycles. The highest BCUT2D eigenvalue weighted by Gasteiger charge is 2.38. The number of nitrogens with one attached hydrogen (secondary N) is 1. The van der Waals surface area contributed by atoms with Crippen LogP contribution >= 0.6 is 11.3 Å². The van der Waals surface area contributed by atoms with Crippen molar-refractivity contribution < 1.29 is 4.79 Å². The molecule has 0 spiro atoms. The molecule has 0 aromatic carbocycles. The molecule has 2 unspecified atom stereocenters. The molecule has 0 radical (unpaired) electrons. The van der Waals surface area contributed by atoms with Crippen molar-refractivity contribution in [2.24, 2.45) is 11.7 Å². The molecule has 2 atom stereocenters. The summed E-state index contributed by atoms with van der Waals surface area (Å²) in [6, 6.07) is 0. The maximum atomic E-state index is 12.2. The summed E-state index contributed by atoms with van der Waals surface area (Å²) in [6.07, 6.45) is 6.14. The van der Waals surface area contributed by atoms with Gasteiger partial charge in [-0.3, -0.25) is 4.79 Å². The van der Waals surface area contributed by atoms with Gasteiger partial charge < -0.3 is 11.1 Å². The van der Waals surface area contributed by atoms with Crippen molar-refractivity contribution in [3.63, 3.8) is 0 Å². The van der Waals surface area contributed by atoms with E-state index < -0.39 is 0 Å². The van der Waals surface area contributed by atoms with Crippen LogP contribution in [0.3, 0.4) is 0 Å². The zero-order valence-electron chi connectivity index (χ0n) is 11.0. The average molecular weight is 267 g/mol. The minimum Gasteiger partial charge on any atom is -0.344 e. The smallest absolute Gasteiger partial charge is 0.263 e. The number of nitrogens with two attached hydrogens (primary N) is 1. The summed E-state index contributed by atoms with van der Waals surface area (Å²) in [5.41, 5.74) is 5.70. The zero-order chi connectivity index (χ0) is 13.2. The SMILES string of the molecule is Cc1ncc(C(=O)NC2(CN)CCCCC2C)s1. The molecule has 0 bridgehead atoms. The summed E-state index contributed by atoms with van der Waals surface area (Å²) >= 11 is 1.43. The van der Waals surface area contributed by atoms with E-state index in [0.29, 0.717) is 17.3 Å². The number of amides is 1. The third-order valence-corrected chi connectivity index (χ3v) is 4.94. The Hall–Kier alpha value is -0.940. The van der Waals surface area contributed by atoms with Crippen molar-refractivity contribution in [3.8, 4) is 0 Å². The molecular weight excluding hydrogens is 246 g/mol. The van der Waals surface area contributed by atoms with E-state index in [9.17, 15) is 4.79 Å². The fraction of sp³-hybridized carbons (Fsp3) is 0.692. The molecule has 1 amide bonds. The predicted molar refractivity (Wildman–Crippen MR) is 73.7 cm³/mol. The van der Waals surface area contributed by atoms with Gasteiger partial charge in [0, 0.05) is 6.54 Å². The quantitative estimate of drug-likeness (QED) is 0.881. The Kier molecular flexibility index (Phi) is 4.02. The van der Waals surface area contributed by atoms with Crippen molar-refractivity contribution in [1.29, 1.82) is 0 Å². The van der Waals surface area contributed by atoms with Crippen LogP contribution in [0, 0.1) is 12.8 Å². The van der Waals surface area contributed by atoms with Crippen LogP contribution in [-0.2, 0) is 0 Å². The number of aromatic nitrogens is 1. The molecule has 1 aliphatic carbocycles. The van der Waals surface area contributed by atoms with Crippen LogP contribution in [0.5, 0.6) is 0 Å². The molecule has 4 nitrogen and oxygen atoms in total. The largest absolute Gasteiger partial charge is 0.344 e. The van der Waals surface area contributed by atoms with Gasteiger partial charge in [-0.25, -0.2) is 4.98 Å². The Labute approximate surface area is 112 Å². The first-order chi connectivity index (χ1) is 8.57. The number of hydrogen-bond donors (Lipinski definition) is 2. The van der Waals surface area contributed by atoms with Gasteiger partial charge in [0.25, 0.3) is 5.91 Å². The van der Waals surface area contributed by atoms with Gasteiger partial charge in [0.05, 0.1) is 16.7 Å². The molecule has 18 heavy (non-hydrogen) atoms. The van der Waals surface area contributed by atoms with Crippen LogP contribution in [-0.4, -0.2) is 23.0 Å². The Bertz CT molecular complexity index is 432. The monoisotopic (exact) mass is 267 g/mol. The Balaban J connectivity index is 2.12. The van der Waals surface area contributed by atoms with Crippen molar-refractivity contribution >= 4 is 17.2 Å². The first-order valence-corrected chi connectivity index (χ1v) is 7.34. The minimum absolute atomic E-state index is 0.0280. The second-order valence-corrected chi connectivity index (χ2v) is 6.44. The summed E-state index contributed by atoms with van der Waals surface area (Å²) in [5, 5.41) is 4.08. The fourth-order valence-corrected chi connectivity index (χ4v) is 3.38. The third-order valence-electron chi connectivity index (χ3n) is 4.03. The van der Waals surface area contributed by atoms with Gasteiger partial charge in [0.15, 0.2) is 0 Å². The second kappa shape index (κ2) is 5.36. The maximum absolute atomic E-state index is 12.2. The molecule has 2 rings (SSSR count). The highest BCUT2D eigenvalue weighted by Crippen LogP contribution is 2.33. The molecule has 100 valence electrons. The fourth-order valence-electron chi connectivity index (χ4n) is 2.71. The summed E-state index contributed by atoms with van der Waals surface area (Å²) in [5.74, 6) is 0.411. The van der Waals surface area contributed by atoms with E-state index in [-0.39, 0.29) is 11.4 Å². The van der Waals surface area contributed by atoms with Crippen LogP contribution < -0.4 is 11.1 Å². The molecule has 0 aliphatic heterocycles. The lowest BCUT2D eigenvalue weighted by Crippen LogP contribution is -2.59. The highest BCUT2D eigenvalue weighted by atomic mass is 32.1. The summed E-state index contributed by atoms with van der Waals surface area (Å²) in [4.78, 5) is 17.0.